The lowest BCUT2D eigenvalue weighted by molar-refractivity contribution is 0.323. The molecule has 0 spiro atoms. The minimum absolute atomic E-state index is 0. The molecule has 0 fully saturated rings. The molecule has 1 heterocycles. The molecule has 1 aliphatic heterocycles. The normalized spacial score (nSPS) is 15.1. The second kappa shape index (κ2) is 6.70. The van der Waals surface area contributed by atoms with Crippen molar-refractivity contribution in [2.45, 2.75) is 34.1 Å². The second-order valence-corrected chi connectivity index (χ2v) is 5.24. The minimum atomic E-state index is 0. The molecular formula is C13H23ClN2O. The fourth-order valence-corrected chi connectivity index (χ4v) is 1.61. The highest BCUT2D eigenvalue weighted by Gasteiger charge is 2.16. The number of halogens is 1. The third kappa shape index (κ3) is 5.78. The maximum atomic E-state index is 7.67. The Labute approximate surface area is 110 Å². The predicted molar refractivity (Wildman–Crippen MR) is 74.8 cm³/mol. The molecule has 1 aliphatic rings. The van der Waals surface area contributed by atoms with Crippen LogP contribution in [0, 0.1) is 10.8 Å². The van der Waals surface area contributed by atoms with E-state index in [0.29, 0.717) is 13.2 Å². The third-order valence-corrected chi connectivity index (χ3v) is 2.29. The molecule has 98 valence electrons. The molecule has 1 rings (SSSR count). The number of dihydropyridines is 1. The van der Waals surface area contributed by atoms with Gasteiger partial charge in [0.15, 0.2) is 0 Å². The summed E-state index contributed by atoms with van der Waals surface area (Å²) in [5, 5.41) is 11.0. The van der Waals surface area contributed by atoms with E-state index >= 15 is 0 Å². The maximum absolute atomic E-state index is 7.67. The van der Waals surface area contributed by atoms with Gasteiger partial charge in [-0.25, -0.2) is 0 Å². The summed E-state index contributed by atoms with van der Waals surface area (Å²) in [6.07, 6.45) is 5.06. The molecule has 3 nitrogen and oxygen atoms in total. The molecule has 17 heavy (non-hydrogen) atoms. The van der Waals surface area contributed by atoms with Gasteiger partial charge in [-0.05, 0) is 24.8 Å². The summed E-state index contributed by atoms with van der Waals surface area (Å²) < 4.78 is 5.16. The number of hydrogen-bond acceptors (Lipinski definition) is 3. The first-order valence-corrected chi connectivity index (χ1v) is 5.77. The van der Waals surface area contributed by atoms with Gasteiger partial charge in [0, 0.05) is 17.8 Å². The van der Waals surface area contributed by atoms with Crippen LogP contribution in [-0.4, -0.2) is 19.0 Å². The number of hydrogen-bond donors (Lipinski definition) is 2. The monoisotopic (exact) mass is 258 g/mol. The molecule has 0 radical (unpaired) electrons. The van der Waals surface area contributed by atoms with Crippen LogP contribution in [0.4, 0.5) is 0 Å². The molecule has 0 saturated heterocycles. The van der Waals surface area contributed by atoms with E-state index in [9.17, 15) is 0 Å². The zero-order chi connectivity index (χ0) is 12.2. The first kappa shape index (κ1) is 16.0. The van der Waals surface area contributed by atoms with E-state index in [1.54, 1.807) is 0 Å². The van der Waals surface area contributed by atoms with Crippen LogP contribution in [0.3, 0.4) is 0 Å². The molecular weight excluding hydrogens is 236 g/mol. The lowest BCUT2D eigenvalue weighted by Gasteiger charge is -2.24. The summed E-state index contributed by atoms with van der Waals surface area (Å²) in [6, 6.07) is 0. The second-order valence-electron chi connectivity index (χ2n) is 5.24. The van der Waals surface area contributed by atoms with E-state index in [1.807, 2.05) is 13.0 Å². The molecule has 0 unspecified atom stereocenters. The van der Waals surface area contributed by atoms with Crippen LogP contribution >= 0.6 is 12.4 Å². The average molecular weight is 259 g/mol. The van der Waals surface area contributed by atoms with Crippen molar-refractivity contribution in [2.75, 3.05) is 13.2 Å². The van der Waals surface area contributed by atoms with Gasteiger partial charge < -0.3 is 10.1 Å². The summed E-state index contributed by atoms with van der Waals surface area (Å²) >= 11 is 0. The summed E-state index contributed by atoms with van der Waals surface area (Å²) in [5.74, 6) is 0.279. The molecule has 0 bridgehead atoms. The molecule has 0 aromatic carbocycles. The van der Waals surface area contributed by atoms with Crippen molar-refractivity contribution >= 4 is 18.3 Å². The predicted octanol–water partition coefficient (Wildman–Crippen LogP) is 3.27. The molecule has 0 aromatic heterocycles. The average Bonchev–Trinajstić information content (AvgIpc) is 2.16. The highest BCUT2D eigenvalue weighted by Crippen LogP contribution is 2.24. The number of allylic oxidation sites excluding steroid dienone is 3. The molecule has 0 atom stereocenters. The standard InChI is InChI=1S/C13H22N2O.ClH/c1-5-16-12(14)10-6-7-11(15-9-10)8-13(2,3)4;/h6-7,14-15H,5,8-9H2,1-4H3;1H. The van der Waals surface area contributed by atoms with Gasteiger partial charge in [0.1, 0.15) is 0 Å². The summed E-state index contributed by atoms with van der Waals surface area (Å²) in [6.45, 7) is 9.80. The zero-order valence-corrected chi connectivity index (χ0v) is 11.9. The molecule has 0 amide bonds. The van der Waals surface area contributed by atoms with Gasteiger partial charge in [-0.3, -0.25) is 5.41 Å². The van der Waals surface area contributed by atoms with Crippen molar-refractivity contribution in [3.63, 3.8) is 0 Å². The summed E-state index contributed by atoms with van der Waals surface area (Å²) in [5.41, 5.74) is 2.44. The number of nitrogens with one attached hydrogen (secondary N) is 2. The van der Waals surface area contributed by atoms with E-state index in [-0.39, 0.29) is 23.7 Å². The van der Waals surface area contributed by atoms with Crippen LogP contribution in [-0.2, 0) is 4.74 Å². The highest BCUT2D eigenvalue weighted by atomic mass is 35.5. The van der Waals surface area contributed by atoms with Crippen molar-refractivity contribution in [3.05, 3.63) is 23.4 Å². The van der Waals surface area contributed by atoms with E-state index in [2.05, 4.69) is 32.2 Å². The minimum Gasteiger partial charge on any atom is -0.478 e. The largest absolute Gasteiger partial charge is 0.478 e. The molecule has 0 aliphatic carbocycles. The van der Waals surface area contributed by atoms with Crippen LogP contribution in [0.2, 0.25) is 0 Å². The summed E-state index contributed by atoms with van der Waals surface area (Å²) in [7, 11) is 0. The topological polar surface area (TPSA) is 45.1 Å². The van der Waals surface area contributed by atoms with E-state index in [1.165, 1.54) is 5.70 Å². The Morgan fingerprint density at radius 2 is 2.06 bits per heavy atom. The molecule has 0 saturated carbocycles. The first-order chi connectivity index (χ1) is 7.42. The van der Waals surface area contributed by atoms with E-state index < -0.39 is 0 Å². The van der Waals surface area contributed by atoms with E-state index in [4.69, 9.17) is 10.1 Å². The van der Waals surface area contributed by atoms with Gasteiger partial charge in [0.25, 0.3) is 0 Å². The van der Waals surface area contributed by atoms with Gasteiger partial charge in [-0.2, -0.15) is 0 Å². The van der Waals surface area contributed by atoms with Crippen molar-refractivity contribution in [2.24, 2.45) is 5.41 Å². The quantitative estimate of drug-likeness (QED) is 0.603. The molecule has 4 heteroatoms. The molecule has 2 N–H and O–H groups in total. The van der Waals surface area contributed by atoms with Crippen molar-refractivity contribution in [1.29, 1.82) is 5.41 Å². The fraction of sp³-hybridized carbons (Fsp3) is 0.615. The van der Waals surface area contributed by atoms with Gasteiger partial charge in [-0.1, -0.05) is 26.8 Å². The van der Waals surface area contributed by atoms with Gasteiger partial charge in [0.2, 0.25) is 5.90 Å². The van der Waals surface area contributed by atoms with Gasteiger partial charge in [-0.15, -0.1) is 12.4 Å². The molecule has 0 aromatic rings. The number of ether oxygens (including phenoxy) is 1. The summed E-state index contributed by atoms with van der Waals surface area (Å²) in [4.78, 5) is 0. The third-order valence-electron chi connectivity index (χ3n) is 2.29. The van der Waals surface area contributed by atoms with Gasteiger partial charge >= 0.3 is 0 Å². The Bertz CT molecular complexity index is 327. The Morgan fingerprint density at radius 3 is 2.47 bits per heavy atom. The van der Waals surface area contributed by atoms with E-state index in [0.717, 1.165) is 12.0 Å². The van der Waals surface area contributed by atoms with Gasteiger partial charge in [0.05, 0.1) is 6.61 Å². The Balaban J connectivity index is 0.00000256. The Hall–Kier alpha value is -0.960. The van der Waals surface area contributed by atoms with Crippen LogP contribution in [0.15, 0.2) is 23.4 Å². The van der Waals surface area contributed by atoms with Crippen LogP contribution in [0.25, 0.3) is 0 Å². The number of rotatable bonds is 3. The zero-order valence-electron chi connectivity index (χ0n) is 11.1. The Morgan fingerprint density at radius 1 is 1.41 bits per heavy atom. The smallest absolute Gasteiger partial charge is 0.210 e. The fourth-order valence-electron chi connectivity index (χ4n) is 1.61. The van der Waals surface area contributed by atoms with Crippen molar-refractivity contribution in [1.82, 2.24) is 5.32 Å². The highest BCUT2D eigenvalue weighted by molar-refractivity contribution is 5.92. The van der Waals surface area contributed by atoms with Crippen molar-refractivity contribution in [3.8, 4) is 0 Å². The van der Waals surface area contributed by atoms with Crippen LogP contribution in [0.5, 0.6) is 0 Å². The van der Waals surface area contributed by atoms with Crippen LogP contribution in [0.1, 0.15) is 34.1 Å². The maximum Gasteiger partial charge on any atom is 0.210 e. The lowest BCUT2D eigenvalue weighted by Crippen LogP contribution is -2.26. The SMILES string of the molecule is CCOC(=N)C1=CC=C(CC(C)(C)C)NC1.Cl. The van der Waals surface area contributed by atoms with Crippen LogP contribution < -0.4 is 5.32 Å². The van der Waals surface area contributed by atoms with Crippen molar-refractivity contribution < 1.29 is 4.74 Å². The Kier molecular flexibility index (Phi) is 6.32. The lowest BCUT2D eigenvalue weighted by atomic mass is 9.89. The first-order valence-electron chi connectivity index (χ1n) is 5.77.